The minimum Gasteiger partial charge on any atom is -0.326 e. The van der Waals surface area contributed by atoms with E-state index in [-0.39, 0.29) is 18.2 Å². The van der Waals surface area contributed by atoms with Crippen LogP contribution in [0, 0.1) is 5.95 Å². The average molecular weight is 601 g/mol. The second-order valence-corrected chi connectivity index (χ2v) is 12.5. The highest BCUT2D eigenvalue weighted by Crippen LogP contribution is 2.46. The maximum absolute atomic E-state index is 14.2. The van der Waals surface area contributed by atoms with Crippen LogP contribution < -0.4 is 10.2 Å². The van der Waals surface area contributed by atoms with Crippen molar-refractivity contribution in [2.24, 2.45) is 0 Å². The average Bonchev–Trinajstić information content (AvgIpc) is 2.93. The first-order chi connectivity index (χ1) is 19.6. The van der Waals surface area contributed by atoms with Crippen LogP contribution >= 0.6 is 11.6 Å². The highest BCUT2D eigenvalue weighted by atomic mass is 35.5. The van der Waals surface area contributed by atoms with E-state index in [9.17, 15) is 22.4 Å². The van der Waals surface area contributed by atoms with Gasteiger partial charge in [0.15, 0.2) is 0 Å². The third kappa shape index (κ3) is 6.59. The van der Waals surface area contributed by atoms with Crippen LogP contribution in [0.4, 0.5) is 4.39 Å². The lowest BCUT2D eigenvalue weighted by Crippen LogP contribution is -2.59. The van der Waals surface area contributed by atoms with Crippen LogP contribution in [-0.2, 0) is 26.3 Å². The van der Waals surface area contributed by atoms with Gasteiger partial charge < -0.3 is 4.90 Å². The second-order valence-electron chi connectivity index (χ2n) is 10.3. The number of aromatic nitrogens is 1. The summed E-state index contributed by atoms with van der Waals surface area (Å²) in [5.74, 6) is -2.39. The minimum atomic E-state index is -3.57. The van der Waals surface area contributed by atoms with Gasteiger partial charge >= 0.3 is 0 Å². The maximum atomic E-state index is 14.2. The Hall–Kier alpha value is -3.38. The Morgan fingerprint density at radius 3 is 2.54 bits per heavy atom. The Bertz CT molecular complexity index is 1540. The molecule has 2 aromatic carbocycles. The molecule has 1 aromatic heterocycles. The number of amides is 2. The smallest absolute Gasteiger partial charge is 0.255 e. The normalized spacial score (nSPS) is 22.7. The SMILES string of the molecule is CS(=O)(=O)N[C@H]1CCCCC1N1C(=O)c2ccccc2[C@@H](C(=O)NOCc2cccc(F)n2)[C@@H]1c1ccc(Cl)cc1. The molecule has 41 heavy (non-hydrogen) atoms. The summed E-state index contributed by atoms with van der Waals surface area (Å²) in [6, 6.07) is 16.2. The maximum Gasteiger partial charge on any atom is 0.255 e. The summed E-state index contributed by atoms with van der Waals surface area (Å²) >= 11 is 6.19. The molecule has 1 fully saturated rings. The minimum absolute atomic E-state index is 0.172. The Morgan fingerprint density at radius 2 is 1.80 bits per heavy atom. The molecule has 0 radical (unpaired) electrons. The van der Waals surface area contributed by atoms with Gasteiger partial charge in [-0.3, -0.25) is 14.4 Å². The van der Waals surface area contributed by atoms with Crippen molar-refractivity contribution in [3.8, 4) is 0 Å². The lowest BCUT2D eigenvalue weighted by Gasteiger charge is -2.49. The zero-order valence-corrected chi connectivity index (χ0v) is 23.9. The van der Waals surface area contributed by atoms with Crippen LogP contribution in [0.1, 0.15) is 64.8 Å². The van der Waals surface area contributed by atoms with E-state index in [2.05, 4.69) is 15.2 Å². The summed E-state index contributed by atoms with van der Waals surface area (Å²) < 4.78 is 40.8. The lowest BCUT2D eigenvalue weighted by atomic mass is 9.76. The first kappa shape index (κ1) is 29.1. The number of hydroxylamine groups is 1. The lowest BCUT2D eigenvalue weighted by molar-refractivity contribution is -0.138. The van der Waals surface area contributed by atoms with Gasteiger partial charge in [-0.25, -0.2) is 23.6 Å². The van der Waals surface area contributed by atoms with Crippen molar-refractivity contribution >= 4 is 33.4 Å². The van der Waals surface area contributed by atoms with Gasteiger partial charge in [0.1, 0.15) is 6.61 Å². The number of rotatable bonds is 8. The fraction of sp³-hybridized carbons (Fsp3) is 0.345. The molecule has 5 rings (SSSR count). The monoisotopic (exact) mass is 600 g/mol. The van der Waals surface area contributed by atoms with E-state index < -0.39 is 45.9 Å². The van der Waals surface area contributed by atoms with Crippen molar-refractivity contribution in [1.82, 2.24) is 20.1 Å². The third-order valence-electron chi connectivity index (χ3n) is 7.49. The van der Waals surface area contributed by atoms with Crippen molar-refractivity contribution in [1.29, 1.82) is 0 Å². The standard InChI is InChI=1S/C29H30ClFN4O5S/c1-41(38,39)34-23-10-4-5-11-24(23)35-27(18-13-15-19(30)16-14-18)26(21-8-2-3-9-22(21)29(35)37)28(36)33-40-17-20-7-6-12-25(31)32-20/h2-3,6-9,12-16,23-24,26-27,34H,4-5,10-11,17H2,1H3,(H,33,36)/t23-,24?,26+,27-/m0/s1. The van der Waals surface area contributed by atoms with Gasteiger partial charge in [-0.05, 0) is 54.3 Å². The van der Waals surface area contributed by atoms with Crippen molar-refractivity contribution in [2.45, 2.75) is 56.3 Å². The van der Waals surface area contributed by atoms with Gasteiger partial charge in [-0.1, -0.05) is 60.8 Å². The van der Waals surface area contributed by atoms with Gasteiger partial charge in [-0.15, -0.1) is 0 Å². The topological polar surface area (TPSA) is 118 Å². The third-order valence-corrected chi connectivity index (χ3v) is 8.47. The van der Waals surface area contributed by atoms with Gasteiger partial charge in [0.05, 0.1) is 23.9 Å². The molecule has 4 atom stereocenters. The van der Waals surface area contributed by atoms with E-state index in [4.69, 9.17) is 16.4 Å². The van der Waals surface area contributed by atoms with E-state index >= 15 is 0 Å². The number of nitrogens with one attached hydrogen (secondary N) is 2. The Kier molecular flexibility index (Phi) is 8.69. The molecule has 0 saturated heterocycles. The number of nitrogens with zero attached hydrogens (tertiary/aromatic N) is 2. The molecule has 1 aliphatic carbocycles. The summed E-state index contributed by atoms with van der Waals surface area (Å²) in [5, 5.41) is 0.490. The van der Waals surface area contributed by atoms with Crippen LogP contribution in [0.15, 0.2) is 66.7 Å². The van der Waals surface area contributed by atoms with E-state index in [0.29, 0.717) is 34.6 Å². The summed E-state index contributed by atoms with van der Waals surface area (Å²) in [6.45, 7) is -0.172. The number of fused-ring (bicyclic) bond motifs is 1. The highest BCUT2D eigenvalue weighted by Gasteiger charge is 2.49. The molecule has 9 nitrogen and oxygen atoms in total. The van der Waals surface area contributed by atoms with Crippen LogP contribution in [0.25, 0.3) is 0 Å². The predicted molar refractivity (Wildman–Crippen MR) is 151 cm³/mol. The van der Waals surface area contributed by atoms with E-state index in [1.54, 1.807) is 59.5 Å². The molecule has 1 saturated carbocycles. The van der Waals surface area contributed by atoms with Gasteiger partial charge in [0.2, 0.25) is 16.0 Å². The predicted octanol–water partition coefficient (Wildman–Crippen LogP) is 4.26. The molecule has 12 heteroatoms. The number of carbonyl (C=O) groups is 2. The zero-order chi connectivity index (χ0) is 29.1. The van der Waals surface area contributed by atoms with Crippen molar-refractivity contribution in [3.63, 3.8) is 0 Å². The molecule has 0 spiro atoms. The number of carbonyl (C=O) groups excluding carboxylic acids is 2. The molecule has 2 heterocycles. The van der Waals surface area contributed by atoms with Gasteiger partial charge in [0, 0.05) is 22.7 Å². The first-order valence-corrected chi connectivity index (χ1v) is 15.6. The van der Waals surface area contributed by atoms with Crippen molar-refractivity contribution < 1.29 is 27.2 Å². The van der Waals surface area contributed by atoms with Crippen LogP contribution in [0.2, 0.25) is 5.02 Å². The molecule has 2 N–H and O–H groups in total. The van der Waals surface area contributed by atoms with Gasteiger partial charge in [0.25, 0.3) is 11.8 Å². The molecule has 1 unspecified atom stereocenters. The number of pyridine rings is 1. The van der Waals surface area contributed by atoms with Crippen LogP contribution in [-0.4, -0.2) is 48.5 Å². The van der Waals surface area contributed by atoms with Crippen LogP contribution in [0.5, 0.6) is 0 Å². The van der Waals surface area contributed by atoms with Crippen molar-refractivity contribution in [2.75, 3.05) is 6.26 Å². The number of hydrogen-bond acceptors (Lipinski definition) is 6. The Morgan fingerprint density at radius 1 is 1.07 bits per heavy atom. The first-order valence-electron chi connectivity index (χ1n) is 13.3. The zero-order valence-electron chi connectivity index (χ0n) is 22.3. The quantitative estimate of drug-likeness (QED) is 0.295. The number of benzene rings is 2. The largest absolute Gasteiger partial charge is 0.326 e. The van der Waals surface area contributed by atoms with Crippen molar-refractivity contribution in [3.05, 3.63) is 100 Å². The van der Waals surface area contributed by atoms with E-state index in [1.165, 1.54) is 12.1 Å². The van der Waals surface area contributed by atoms with E-state index in [1.807, 2.05) is 0 Å². The Labute approximate surface area is 243 Å². The molecule has 216 valence electrons. The Balaban J connectivity index is 1.56. The molecular weight excluding hydrogens is 571 g/mol. The molecular formula is C29H30ClFN4O5S. The summed E-state index contributed by atoms with van der Waals surface area (Å²) in [6.07, 6.45) is 3.81. The molecule has 2 aliphatic rings. The molecule has 0 bridgehead atoms. The summed E-state index contributed by atoms with van der Waals surface area (Å²) in [5.41, 5.74) is 4.30. The summed E-state index contributed by atoms with van der Waals surface area (Å²) in [4.78, 5) is 39.0. The molecule has 2 amide bonds. The number of sulfonamides is 1. The molecule has 3 aromatic rings. The fourth-order valence-corrected chi connectivity index (χ4v) is 6.80. The highest BCUT2D eigenvalue weighted by molar-refractivity contribution is 7.88. The van der Waals surface area contributed by atoms with Crippen LogP contribution in [0.3, 0.4) is 0 Å². The second kappa shape index (κ2) is 12.2. The summed E-state index contributed by atoms with van der Waals surface area (Å²) in [7, 11) is -3.57. The fourth-order valence-electron chi connectivity index (χ4n) is 5.85. The molecule has 1 aliphatic heterocycles. The number of hydrogen-bond donors (Lipinski definition) is 2. The van der Waals surface area contributed by atoms with E-state index in [0.717, 1.165) is 19.1 Å². The van der Waals surface area contributed by atoms with Gasteiger partial charge in [-0.2, -0.15) is 4.39 Å². The number of halogens is 2.